The van der Waals surface area contributed by atoms with Crippen LogP contribution in [-0.4, -0.2) is 41.1 Å². The molecular weight excluding hydrogens is 298 g/mol. The first kappa shape index (κ1) is 17.0. The Morgan fingerprint density at radius 3 is 2.67 bits per heavy atom. The molecular formula is C20H29N3O. The lowest BCUT2D eigenvalue weighted by molar-refractivity contribution is -0.122. The van der Waals surface area contributed by atoms with Crippen LogP contribution in [0.15, 0.2) is 30.3 Å². The van der Waals surface area contributed by atoms with Crippen LogP contribution in [0, 0.1) is 12.8 Å². The van der Waals surface area contributed by atoms with Crippen molar-refractivity contribution >= 4 is 16.8 Å². The number of aromatic nitrogens is 1. The lowest BCUT2D eigenvalue weighted by Gasteiger charge is -2.33. The van der Waals surface area contributed by atoms with Crippen LogP contribution in [0.2, 0.25) is 0 Å². The number of likely N-dealkylation sites (tertiary alicyclic amines) is 1. The minimum atomic E-state index is 0.127. The fourth-order valence-electron chi connectivity index (χ4n) is 3.75. The number of carbonyl (C=O) groups excluding carboxylic acids is 1. The van der Waals surface area contributed by atoms with Gasteiger partial charge in [0.2, 0.25) is 5.91 Å². The smallest absolute Gasteiger partial charge is 0.240 e. The van der Waals surface area contributed by atoms with Crippen molar-refractivity contribution in [3.05, 3.63) is 36.0 Å². The summed E-state index contributed by atoms with van der Waals surface area (Å²) in [5, 5.41) is 4.44. The molecule has 1 N–H and O–H groups in total. The number of aryl methyl sites for hydroxylation is 1. The molecule has 0 unspecified atom stereocenters. The van der Waals surface area contributed by atoms with Gasteiger partial charge in [0.25, 0.3) is 0 Å². The molecule has 1 saturated heterocycles. The largest absolute Gasteiger partial charge is 0.352 e. The van der Waals surface area contributed by atoms with Gasteiger partial charge in [-0.2, -0.15) is 0 Å². The summed E-state index contributed by atoms with van der Waals surface area (Å²) in [7, 11) is 0. The van der Waals surface area contributed by atoms with Crippen LogP contribution in [0.1, 0.15) is 32.4 Å². The first-order chi connectivity index (χ1) is 11.5. The van der Waals surface area contributed by atoms with Crippen LogP contribution in [-0.2, 0) is 11.3 Å². The molecule has 0 saturated carbocycles. The first-order valence-corrected chi connectivity index (χ1v) is 9.09. The molecule has 1 amide bonds. The molecule has 3 rings (SSSR count). The van der Waals surface area contributed by atoms with Gasteiger partial charge in [-0.3, -0.25) is 4.79 Å². The van der Waals surface area contributed by atoms with Crippen molar-refractivity contribution in [2.75, 3.05) is 19.6 Å². The molecule has 1 aromatic heterocycles. The molecule has 2 aromatic rings. The molecule has 1 fully saturated rings. The first-order valence-electron chi connectivity index (χ1n) is 9.09. The highest BCUT2D eigenvalue weighted by Gasteiger charge is 2.21. The average molecular weight is 327 g/mol. The monoisotopic (exact) mass is 327 g/mol. The molecule has 1 aliphatic heterocycles. The Labute approximate surface area is 144 Å². The maximum absolute atomic E-state index is 12.5. The van der Waals surface area contributed by atoms with Gasteiger partial charge >= 0.3 is 0 Å². The maximum atomic E-state index is 12.5. The number of nitrogens with zero attached hydrogens (tertiary/aromatic N) is 2. The van der Waals surface area contributed by atoms with Crippen LogP contribution in [0.5, 0.6) is 0 Å². The Balaban J connectivity index is 1.55. The molecule has 0 atom stereocenters. The molecule has 0 aliphatic carbocycles. The Kier molecular flexibility index (Phi) is 5.24. The van der Waals surface area contributed by atoms with Crippen molar-refractivity contribution in [1.29, 1.82) is 0 Å². The van der Waals surface area contributed by atoms with E-state index < -0.39 is 0 Å². The van der Waals surface area contributed by atoms with Crippen LogP contribution in [0.4, 0.5) is 0 Å². The second kappa shape index (κ2) is 7.39. The highest BCUT2D eigenvalue weighted by molar-refractivity contribution is 5.84. The zero-order valence-electron chi connectivity index (χ0n) is 15.1. The number of carbonyl (C=O) groups is 1. The number of nitrogens with one attached hydrogen (secondary N) is 1. The van der Waals surface area contributed by atoms with E-state index in [0.29, 0.717) is 18.5 Å². The third-order valence-corrected chi connectivity index (χ3v) is 4.90. The second-order valence-corrected chi connectivity index (χ2v) is 7.47. The lowest BCUT2D eigenvalue weighted by Crippen LogP contribution is -2.46. The summed E-state index contributed by atoms with van der Waals surface area (Å²) in [6.45, 7) is 10.3. The number of benzene rings is 1. The van der Waals surface area contributed by atoms with E-state index in [9.17, 15) is 4.79 Å². The number of fused-ring (bicyclic) bond motifs is 1. The number of para-hydroxylation sites is 1. The van der Waals surface area contributed by atoms with E-state index in [1.807, 2.05) is 12.1 Å². The molecule has 24 heavy (non-hydrogen) atoms. The van der Waals surface area contributed by atoms with Crippen molar-refractivity contribution in [2.45, 2.75) is 46.2 Å². The quantitative estimate of drug-likeness (QED) is 0.916. The fourth-order valence-corrected chi connectivity index (χ4v) is 3.75. The van der Waals surface area contributed by atoms with Gasteiger partial charge in [-0.25, -0.2) is 0 Å². The Morgan fingerprint density at radius 1 is 1.25 bits per heavy atom. The third kappa shape index (κ3) is 3.99. The maximum Gasteiger partial charge on any atom is 0.240 e. The van der Waals surface area contributed by atoms with E-state index in [0.717, 1.165) is 43.7 Å². The summed E-state index contributed by atoms with van der Waals surface area (Å²) in [4.78, 5) is 15.0. The molecule has 2 heterocycles. The summed E-state index contributed by atoms with van der Waals surface area (Å²) in [5.74, 6) is 0.836. The Morgan fingerprint density at radius 2 is 1.96 bits per heavy atom. The van der Waals surface area contributed by atoms with Gasteiger partial charge in [-0.05, 0) is 43.2 Å². The van der Waals surface area contributed by atoms with E-state index in [-0.39, 0.29) is 5.91 Å². The van der Waals surface area contributed by atoms with Gasteiger partial charge in [0.1, 0.15) is 6.54 Å². The molecule has 0 bridgehead atoms. The van der Waals surface area contributed by atoms with E-state index in [4.69, 9.17) is 0 Å². The number of rotatable bonds is 5. The summed E-state index contributed by atoms with van der Waals surface area (Å²) >= 11 is 0. The molecule has 4 heteroatoms. The Bertz CT molecular complexity index is 696. The predicted molar refractivity (Wildman–Crippen MR) is 99.1 cm³/mol. The normalized spacial score (nSPS) is 16.8. The van der Waals surface area contributed by atoms with E-state index >= 15 is 0 Å². The van der Waals surface area contributed by atoms with Crippen LogP contribution in [0.25, 0.3) is 10.9 Å². The van der Waals surface area contributed by atoms with E-state index in [1.54, 1.807) is 0 Å². The van der Waals surface area contributed by atoms with Gasteiger partial charge in [0.05, 0.1) is 0 Å². The van der Waals surface area contributed by atoms with Crippen molar-refractivity contribution in [3.8, 4) is 0 Å². The molecule has 0 spiro atoms. The minimum absolute atomic E-state index is 0.127. The van der Waals surface area contributed by atoms with Crippen molar-refractivity contribution in [2.24, 2.45) is 5.92 Å². The van der Waals surface area contributed by atoms with Gasteiger partial charge in [0, 0.05) is 36.9 Å². The van der Waals surface area contributed by atoms with Crippen LogP contribution < -0.4 is 5.32 Å². The molecule has 130 valence electrons. The van der Waals surface area contributed by atoms with Crippen molar-refractivity contribution in [1.82, 2.24) is 14.8 Å². The van der Waals surface area contributed by atoms with E-state index in [2.05, 4.69) is 53.8 Å². The van der Waals surface area contributed by atoms with Crippen molar-refractivity contribution in [3.63, 3.8) is 0 Å². The molecule has 1 aliphatic rings. The Hall–Kier alpha value is -1.81. The minimum Gasteiger partial charge on any atom is -0.352 e. The molecule has 1 aromatic carbocycles. The number of piperidine rings is 1. The number of hydrogen-bond donors (Lipinski definition) is 1. The predicted octanol–water partition coefficient (Wildman–Crippen LogP) is 3.19. The van der Waals surface area contributed by atoms with Gasteiger partial charge in [-0.15, -0.1) is 0 Å². The fraction of sp³-hybridized carbons (Fsp3) is 0.550. The summed E-state index contributed by atoms with van der Waals surface area (Å²) in [6, 6.07) is 10.7. The topological polar surface area (TPSA) is 37.3 Å². The number of amides is 1. The van der Waals surface area contributed by atoms with E-state index in [1.165, 1.54) is 5.39 Å². The highest BCUT2D eigenvalue weighted by atomic mass is 16.2. The standard InChI is InChI=1S/C20H29N3O/c1-15(2)13-22-10-8-18(9-11-22)21-20(24)14-23-16(3)12-17-6-4-5-7-19(17)23/h4-7,12,15,18H,8-11,13-14H2,1-3H3,(H,21,24). The zero-order chi connectivity index (χ0) is 17.1. The zero-order valence-corrected chi connectivity index (χ0v) is 15.1. The molecule has 4 nitrogen and oxygen atoms in total. The van der Waals surface area contributed by atoms with Crippen LogP contribution >= 0.6 is 0 Å². The van der Waals surface area contributed by atoms with Gasteiger partial charge in [0.15, 0.2) is 0 Å². The third-order valence-electron chi connectivity index (χ3n) is 4.90. The number of hydrogen-bond acceptors (Lipinski definition) is 2. The van der Waals surface area contributed by atoms with Crippen LogP contribution in [0.3, 0.4) is 0 Å². The van der Waals surface area contributed by atoms with Crippen molar-refractivity contribution < 1.29 is 4.79 Å². The second-order valence-electron chi connectivity index (χ2n) is 7.47. The van der Waals surface area contributed by atoms with Gasteiger partial charge in [-0.1, -0.05) is 32.0 Å². The molecule has 0 radical (unpaired) electrons. The summed E-state index contributed by atoms with van der Waals surface area (Å²) in [5.41, 5.74) is 2.27. The SMILES string of the molecule is Cc1cc2ccccc2n1CC(=O)NC1CCN(CC(C)C)CC1. The highest BCUT2D eigenvalue weighted by Crippen LogP contribution is 2.19. The van der Waals surface area contributed by atoms with Gasteiger partial charge < -0.3 is 14.8 Å². The lowest BCUT2D eigenvalue weighted by atomic mass is 10.0. The summed E-state index contributed by atoms with van der Waals surface area (Å²) < 4.78 is 2.11. The average Bonchev–Trinajstić information content (AvgIpc) is 2.85. The summed E-state index contributed by atoms with van der Waals surface area (Å²) in [6.07, 6.45) is 2.12.